The first-order chi connectivity index (χ1) is 13.8. The Morgan fingerprint density at radius 3 is 2.76 bits per heavy atom. The summed E-state index contributed by atoms with van der Waals surface area (Å²) in [6, 6.07) is 5.92. The molecule has 1 aromatic carbocycles. The molecule has 154 valence electrons. The van der Waals surface area contributed by atoms with Gasteiger partial charge < -0.3 is 14.5 Å². The number of hydrogen-bond acceptors (Lipinski definition) is 5. The van der Waals surface area contributed by atoms with E-state index in [0.29, 0.717) is 29.0 Å². The third-order valence-corrected chi connectivity index (χ3v) is 6.71. The molecular formula is C21H24ClN3O3S. The Morgan fingerprint density at radius 2 is 2.14 bits per heavy atom. The molecule has 3 heterocycles. The average molecular weight is 434 g/mol. The fourth-order valence-electron chi connectivity index (χ4n) is 4.30. The van der Waals surface area contributed by atoms with Gasteiger partial charge in [0, 0.05) is 37.7 Å². The van der Waals surface area contributed by atoms with E-state index >= 15 is 0 Å². The molecule has 2 amide bonds. The van der Waals surface area contributed by atoms with E-state index in [9.17, 15) is 9.59 Å². The summed E-state index contributed by atoms with van der Waals surface area (Å²) in [6.45, 7) is 7.47. The fourth-order valence-corrected chi connectivity index (χ4v) is 5.25. The van der Waals surface area contributed by atoms with Crippen molar-refractivity contribution in [3.05, 3.63) is 39.3 Å². The minimum Gasteiger partial charge on any atom is -0.491 e. The molecule has 2 aliphatic rings. The number of ether oxygens (including phenoxy) is 1. The van der Waals surface area contributed by atoms with Crippen molar-refractivity contribution < 1.29 is 14.3 Å². The third kappa shape index (κ3) is 3.85. The van der Waals surface area contributed by atoms with Gasteiger partial charge in [0.15, 0.2) is 0 Å². The van der Waals surface area contributed by atoms with Crippen LogP contribution in [0, 0.1) is 0 Å². The van der Waals surface area contributed by atoms with Crippen LogP contribution in [0.5, 0.6) is 5.75 Å². The summed E-state index contributed by atoms with van der Waals surface area (Å²) in [5, 5.41) is 0.707. The molecule has 1 fully saturated rings. The van der Waals surface area contributed by atoms with Crippen LogP contribution >= 0.6 is 22.9 Å². The number of carbonyl (C=O) groups excluding carboxylic acids is 2. The maximum atomic E-state index is 13.1. The van der Waals surface area contributed by atoms with Gasteiger partial charge in [-0.25, -0.2) is 4.98 Å². The van der Waals surface area contributed by atoms with Crippen molar-refractivity contribution in [1.82, 2.24) is 9.88 Å². The number of rotatable bonds is 4. The zero-order valence-electron chi connectivity index (χ0n) is 16.8. The Hall–Kier alpha value is -2.12. The van der Waals surface area contributed by atoms with E-state index in [1.165, 1.54) is 11.3 Å². The molecule has 8 heteroatoms. The Kier molecular flexibility index (Phi) is 5.29. The molecule has 0 saturated carbocycles. The summed E-state index contributed by atoms with van der Waals surface area (Å²) in [4.78, 5) is 33.0. The van der Waals surface area contributed by atoms with E-state index in [1.54, 1.807) is 13.1 Å². The van der Waals surface area contributed by atoms with Crippen molar-refractivity contribution >= 4 is 40.4 Å². The van der Waals surface area contributed by atoms with Crippen molar-refractivity contribution in [1.29, 1.82) is 0 Å². The van der Waals surface area contributed by atoms with Gasteiger partial charge in [0.1, 0.15) is 15.1 Å². The van der Waals surface area contributed by atoms with Gasteiger partial charge in [0.25, 0.3) is 0 Å². The summed E-state index contributed by atoms with van der Waals surface area (Å²) in [5.74, 6) is 0.855. The quantitative estimate of drug-likeness (QED) is 0.738. The number of aromatic nitrogens is 1. The second kappa shape index (κ2) is 7.61. The van der Waals surface area contributed by atoms with Crippen LogP contribution in [0.1, 0.15) is 37.8 Å². The Bertz CT molecular complexity index is 960. The Labute approximate surface area is 179 Å². The third-order valence-electron chi connectivity index (χ3n) is 5.59. The molecule has 4 rings (SSSR count). The highest BCUT2D eigenvalue weighted by atomic mass is 35.5. The highest BCUT2D eigenvalue weighted by molar-refractivity contribution is 7.15. The zero-order valence-corrected chi connectivity index (χ0v) is 18.3. The average Bonchev–Trinajstić information content (AvgIpc) is 3.34. The Morgan fingerprint density at radius 1 is 1.34 bits per heavy atom. The van der Waals surface area contributed by atoms with Gasteiger partial charge in [-0.3, -0.25) is 9.59 Å². The van der Waals surface area contributed by atoms with Crippen LogP contribution in [0.25, 0.3) is 0 Å². The largest absolute Gasteiger partial charge is 0.491 e. The summed E-state index contributed by atoms with van der Waals surface area (Å²) in [6.07, 6.45) is 2.69. The van der Waals surface area contributed by atoms with Gasteiger partial charge in [-0.15, -0.1) is 11.3 Å². The van der Waals surface area contributed by atoms with Gasteiger partial charge in [-0.05, 0) is 44.0 Å². The molecule has 0 aliphatic carbocycles. The number of halogens is 1. The number of benzene rings is 1. The topological polar surface area (TPSA) is 62.7 Å². The van der Waals surface area contributed by atoms with Crippen LogP contribution in [-0.4, -0.2) is 47.4 Å². The molecule has 2 aromatic rings. The fraction of sp³-hybridized carbons (Fsp3) is 0.476. The molecule has 1 atom stereocenters. The van der Waals surface area contributed by atoms with Crippen LogP contribution in [0.4, 0.5) is 5.69 Å². The standard InChI is InChI=1S/C21H24ClN3O3S/c1-13(2)28-15-4-5-17-16(8-15)21(6-7-24(11-21)14(3)26)12-25(17)20(27)9-19-23-10-18(22)29-19/h4-5,8,10,13H,6-7,9,11-12H2,1-3H3. The van der Waals surface area contributed by atoms with Crippen LogP contribution < -0.4 is 9.64 Å². The monoisotopic (exact) mass is 433 g/mol. The van der Waals surface area contributed by atoms with E-state index in [-0.39, 0.29) is 29.8 Å². The van der Waals surface area contributed by atoms with Crippen molar-refractivity contribution in [2.75, 3.05) is 24.5 Å². The molecule has 6 nitrogen and oxygen atoms in total. The molecule has 1 unspecified atom stereocenters. The lowest BCUT2D eigenvalue weighted by Gasteiger charge is -2.25. The number of anilines is 1. The van der Waals surface area contributed by atoms with E-state index in [4.69, 9.17) is 16.3 Å². The second-order valence-corrected chi connectivity index (χ2v) is 9.78. The van der Waals surface area contributed by atoms with E-state index in [0.717, 1.165) is 23.4 Å². The van der Waals surface area contributed by atoms with Crippen LogP contribution in [0.15, 0.2) is 24.4 Å². The maximum Gasteiger partial charge on any atom is 0.233 e. The highest BCUT2D eigenvalue weighted by Gasteiger charge is 2.49. The summed E-state index contributed by atoms with van der Waals surface area (Å²) < 4.78 is 6.48. The van der Waals surface area contributed by atoms with Crippen LogP contribution in [-0.2, 0) is 21.4 Å². The molecular weight excluding hydrogens is 410 g/mol. The van der Waals surface area contributed by atoms with Gasteiger partial charge in [0.2, 0.25) is 11.8 Å². The number of nitrogens with zero attached hydrogens (tertiary/aromatic N) is 3. The number of fused-ring (bicyclic) bond motifs is 2. The predicted molar refractivity (Wildman–Crippen MR) is 114 cm³/mol. The van der Waals surface area contributed by atoms with E-state index < -0.39 is 0 Å². The molecule has 29 heavy (non-hydrogen) atoms. The SMILES string of the molecule is CC(=O)N1CCC2(C1)CN(C(=O)Cc1ncc(Cl)s1)c1ccc(OC(C)C)cc12. The van der Waals surface area contributed by atoms with Gasteiger partial charge in [-0.1, -0.05) is 11.6 Å². The molecule has 1 saturated heterocycles. The molecule has 2 aliphatic heterocycles. The minimum atomic E-state index is -0.256. The highest BCUT2D eigenvalue weighted by Crippen LogP contribution is 2.48. The first-order valence-corrected chi connectivity index (χ1v) is 10.9. The number of amides is 2. The molecule has 0 N–H and O–H groups in total. The normalized spacial score (nSPS) is 20.6. The molecule has 1 spiro atoms. The zero-order chi connectivity index (χ0) is 20.8. The lowest BCUT2D eigenvalue weighted by atomic mass is 9.81. The lowest BCUT2D eigenvalue weighted by molar-refractivity contribution is -0.127. The van der Waals surface area contributed by atoms with Gasteiger partial charge in [-0.2, -0.15) is 0 Å². The summed E-state index contributed by atoms with van der Waals surface area (Å²) in [5.41, 5.74) is 1.73. The first kappa shape index (κ1) is 20.2. The number of hydrogen-bond donors (Lipinski definition) is 0. The molecule has 0 bridgehead atoms. The van der Waals surface area contributed by atoms with Gasteiger partial charge >= 0.3 is 0 Å². The number of thiazole rings is 1. The first-order valence-electron chi connectivity index (χ1n) is 9.75. The van der Waals surface area contributed by atoms with E-state index in [2.05, 4.69) is 4.98 Å². The summed E-state index contributed by atoms with van der Waals surface area (Å²) in [7, 11) is 0. The predicted octanol–water partition coefficient (Wildman–Crippen LogP) is 3.66. The minimum absolute atomic E-state index is 0.00653. The Balaban J connectivity index is 1.67. The van der Waals surface area contributed by atoms with Gasteiger partial charge in [0.05, 0.1) is 18.7 Å². The second-order valence-electron chi connectivity index (χ2n) is 8.03. The van der Waals surface area contributed by atoms with Crippen molar-refractivity contribution in [2.45, 2.75) is 45.1 Å². The number of likely N-dealkylation sites (tertiary alicyclic amines) is 1. The molecule has 1 aromatic heterocycles. The lowest BCUT2D eigenvalue weighted by Crippen LogP contribution is -2.40. The smallest absolute Gasteiger partial charge is 0.233 e. The molecule has 0 radical (unpaired) electrons. The van der Waals surface area contributed by atoms with E-state index in [1.807, 2.05) is 41.8 Å². The number of carbonyl (C=O) groups is 2. The van der Waals surface area contributed by atoms with Crippen molar-refractivity contribution in [3.8, 4) is 5.75 Å². The maximum absolute atomic E-state index is 13.1. The van der Waals surface area contributed by atoms with Crippen molar-refractivity contribution in [3.63, 3.8) is 0 Å². The van der Waals surface area contributed by atoms with Crippen LogP contribution in [0.2, 0.25) is 4.34 Å². The van der Waals surface area contributed by atoms with Crippen LogP contribution in [0.3, 0.4) is 0 Å². The van der Waals surface area contributed by atoms with Crippen molar-refractivity contribution in [2.24, 2.45) is 0 Å². The summed E-state index contributed by atoms with van der Waals surface area (Å²) >= 11 is 7.29.